The summed E-state index contributed by atoms with van der Waals surface area (Å²) in [4.78, 5) is 4.17. The van der Waals surface area contributed by atoms with Crippen LogP contribution in [-0.2, 0) is 6.54 Å². The smallest absolute Gasteiger partial charge is 0.120 e. The highest BCUT2D eigenvalue weighted by atomic mass is 16.5. The highest BCUT2D eigenvalue weighted by Gasteiger charge is 1.98. The minimum atomic E-state index is 0.0907. The van der Waals surface area contributed by atoms with Crippen LogP contribution in [0.5, 0.6) is 5.75 Å². The van der Waals surface area contributed by atoms with Crippen molar-refractivity contribution in [2.75, 3.05) is 13.2 Å². The number of aliphatic hydroxyl groups is 1. The molecule has 0 fully saturated rings. The highest BCUT2D eigenvalue weighted by Crippen LogP contribution is 2.12. The third-order valence-corrected chi connectivity index (χ3v) is 2.83. The van der Waals surface area contributed by atoms with Gasteiger partial charge < -0.3 is 14.4 Å². The van der Waals surface area contributed by atoms with E-state index in [1.165, 1.54) is 0 Å². The largest absolute Gasteiger partial charge is 0.492 e. The highest BCUT2D eigenvalue weighted by molar-refractivity contribution is 5.39. The van der Waals surface area contributed by atoms with Gasteiger partial charge in [0.25, 0.3) is 0 Å². The lowest BCUT2D eigenvalue weighted by molar-refractivity contribution is 0.297. The van der Waals surface area contributed by atoms with Crippen molar-refractivity contribution in [2.45, 2.75) is 19.9 Å². The first kappa shape index (κ1) is 14.2. The van der Waals surface area contributed by atoms with Gasteiger partial charge in [0.15, 0.2) is 0 Å². The molecular formula is C16H18N2O2. The van der Waals surface area contributed by atoms with E-state index in [2.05, 4.69) is 16.8 Å². The number of aryl methyl sites for hydroxylation is 1. The van der Waals surface area contributed by atoms with Crippen molar-refractivity contribution in [3.63, 3.8) is 0 Å². The van der Waals surface area contributed by atoms with E-state index < -0.39 is 0 Å². The van der Waals surface area contributed by atoms with Crippen molar-refractivity contribution in [3.8, 4) is 17.6 Å². The van der Waals surface area contributed by atoms with E-state index in [9.17, 15) is 0 Å². The van der Waals surface area contributed by atoms with Gasteiger partial charge in [0.2, 0.25) is 0 Å². The van der Waals surface area contributed by atoms with E-state index >= 15 is 0 Å². The molecule has 0 aliphatic heterocycles. The first-order chi connectivity index (χ1) is 9.79. The number of ether oxygens (including phenoxy) is 1. The predicted octanol–water partition coefficient (Wildman–Crippen LogP) is 2.00. The lowest BCUT2D eigenvalue weighted by Gasteiger charge is -2.08. The van der Waals surface area contributed by atoms with Gasteiger partial charge in [0.1, 0.15) is 18.2 Å². The maximum atomic E-state index is 8.69. The molecule has 2 aromatic rings. The zero-order valence-corrected chi connectivity index (χ0v) is 11.5. The van der Waals surface area contributed by atoms with Crippen molar-refractivity contribution in [1.82, 2.24) is 9.55 Å². The molecule has 104 valence electrons. The minimum Gasteiger partial charge on any atom is -0.492 e. The summed E-state index contributed by atoms with van der Waals surface area (Å²) in [5.41, 5.74) is 0.898. The van der Waals surface area contributed by atoms with Crippen molar-refractivity contribution in [3.05, 3.63) is 48.0 Å². The minimum absolute atomic E-state index is 0.0907. The molecule has 20 heavy (non-hydrogen) atoms. The van der Waals surface area contributed by atoms with Crippen molar-refractivity contribution in [2.24, 2.45) is 0 Å². The normalized spacial score (nSPS) is 9.90. The van der Waals surface area contributed by atoms with Gasteiger partial charge in [0.05, 0.1) is 13.2 Å². The molecule has 4 nitrogen and oxygen atoms in total. The van der Waals surface area contributed by atoms with Crippen LogP contribution < -0.4 is 4.74 Å². The fourth-order valence-electron chi connectivity index (χ4n) is 1.79. The summed E-state index contributed by atoms with van der Waals surface area (Å²) in [7, 11) is 0. The van der Waals surface area contributed by atoms with Gasteiger partial charge in [-0.05, 0) is 25.1 Å². The first-order valence-corrected chi connectivity index (χ1v) is 6.60. The summed E-state index contributed by atoms with van der Waals surface area (Å²) in [6, 6.07) is 7.67. The summed E-state index contributed by atoms with van der Waals surface area (Å²) < 4.78 is 7.76. The second-order valence-electron chi connectivity index (χ2n) is 4.32. The van der Waals surface area contributed by atoms with E-state index in [4.69, 9.17) is 9.84 Å². The van der Waals surface area contributed by atoms with Crippen LogP contribution >= 0.6 is 0 Å². The molecule has 0 aliphatic rings. The Morgan fingerprint density at radius 1 is 1.40 bits per heavy atom. The molecule has 2 rings (SSSR count). The Kier molecular flexibility index (Phi) is 5.22. The third kappa shape index (κ3) is 4.15. The fraction of sp³-hybridized carbons (Fsp3) is 0.312. The first-order valence-electron chi connectivity index (χ1n) is 6.60. The predicted molar refractivity (Wildman–Crippen MR) is 77.5 cm³/mol. The zero-order chi connectivity index (χ0) is 14.2. The van der Waals surface area contributed by atoms with Gasteiger partial charge in [-0.15, -0.1) is 0 Å². The van der Waals surface area contributed by atoms with Crippen LogP contribution in [0.3, 0.4) is 0 Å². The number of benzene rings is 1. The molecule has 0 aliphatic carbocycles. The number of nitrogens with zero attached hydrogens (tertiary/aromatic N) is 2. The SMILES string of the molecule is Cc1nccn1CCOc1cccc(C#CCCO)c1. The number of aliphatic hydroxyl groups excluding tert-OH is 1. The summed E-state index contributed by atoms with van der Waals surface area (Å²) in [6.07, 6.45) is 4.22. The van der Waals surface area contributed by atoms with Crippen LogP contribution in [0.25, 0.3) is 0 Å². The lowest BCUT2D eigenvalue weighted by Crippen LogP contribution is -2.08. The van der Waals surface area contributed by atoms with Gasteiger partial charge in [-0.2, -0.15) is 0 Å². The standard InChI is InChI=1S/C16H18N2O2/c1-14-17-8-9-18(14)10-12-20-16-7-4-6-15(13-16)5-2-3-11-19/h4,6-9,13,19H,3,10-12H2,1H3. The molecule has 1 N–H and O–H groups in total. The van der Waals surface area contributed by atoms with Crippen molar-refractivity contribution < 1.29 is 9.84 Å². The fourth-order valence-corrected chi connectivity index (χ4v) is 1.79. The molecule has 0 saturated carbocycles. The van der Waals surface area contributed by atoms with Crippen molar-refractivity contribution in [1.29, 1.82) is 0 Å². The van der Waals surface area contributed by atoms with Crippen LogP contribution in [0, 0.1) is 18.8 Å². The third-order valence-electron chi connectivity index (χ3n) is 2.83. The molecule has 0 radical (unpaired) electrons. The molecule has 0 spiro atoms. The molecule has 0 unspecified atom stereocenters. The average Bonchev–Trinajstić information content (AvgIpc) is 2.85. The van der Waals surface area contributed by atoms with E-state index in [1.54, 1.807) is 6.20 Å². The molecule has 0 bridgehead atoms. The molecule has 0 atom stereocenters. The second-order valence-corrected chi connectivity index (χ2v) is 4.32. The quantitative estimate of drug-likeness (QED) is 0.845. The Morgan fingerprint density at radius 3 is 3.05 bits per heavy atom. The second kappa shape index (κ2) is 7.37. The van der Waals surface area contributed by atoms with E-state index in [-0.39, 0.29) is 6.61 Å². The topological polar surface area (TPSA) is 47.3 Å². The monoisotopic (exact) mass is 270 g/mol. The number of imidazole rings is 1. The van der Waals surface area contributed by atoms with E-state index in [0.717, 1.165) is 23.7 Å². The molecule has 0 amide bonds. The van der Waals surface area contributed by atoms with E-state index in [0.29, 0.717) is 13.0 Å². The van der Waals surface area contributed by atoms with Gasteiger partial charge in [-0.1, -0.05) is 17.9 Å². The van der Waals surface area contributed by atoms with Gasteiger partial charge in [-0.3, -0.25) is 0 Å². The molecule has 1 heterocycles. The number of aromatic nitrogens is 2. The van der Waals surface area contributed by atoms with Gasteiger partial charge >= 0.3 is 0 Å². The van der Waals surface area contributed by atoms with Crippen LogP contribution in [0.4, 0.5) is 0 Å². The Bertz CT molecular complexity index is 608. The average molecular weight is 270 g/mol. The Labute approximate surface area is 119 Å². The van der Waals surface area contributed by atoms with E-state index in [1.807, 2.05) is 42.0 Å². The maximum absolute atomic E-state index is 8.69. The molecule has 0 saturated heterocycles. The lowest BCUT2D eigenvalue weighted by atomic mass is 10.2. The van der Waals surface area contributed by atoms with Gasteiger partial charge in [-0.25, -0.2) is 4.98 Å². The maximum Gasteiger partial charge on any atom is 0.120 e. The van der Waals surface area contributed by atoms with Crippen LogP contribution in [0.2, 0.25) is 0 Å². The summed E-state index contributed by atoms with van der Waals surface area (Å²) in [5.74, 6) is 7.68. The van der Waals surface area contributed by atoms with Crippen molar-refractivity contribution >= 4 is 0 Å². The number of rotatable bonds is 5. The number of hydrogen-bond donors (Lipinski definition) is 1. The molecule has 1 aromatic carbocycles. The summed E-state index contributed by atoms with van der Waals surface area (Å²) in [6.45, 7) is 3.42. The molecular weight excluding hydrogens is 252 g/mol. The zero-order valence-electron chi connectivity index (χ0n) is 11.5. The Morgan fingerprint density at radius 2 is 2.30 bits per heavy atom. The van der Waals surface area contributed by atoms with Crippen LogP contribution in [0.15, 0.2) is 36.7 Å². The summed E-state index contributed by atoms with van der Waals surface area (Å²) in [5, 5.41) is 8.69. The molecule has 1 aromatic heterocycles. The van der Waals surface area contributed by atoms with Crippen LogP contribution in [0.1, 0.15) is 17.8 Å². The Hall–Kier alpha value is -2.25. The number of hydrogen-bond acceptors (Lipinski definition) is 3. The Balaban J connectivity index is 1.89. The molecule has 4 heteroatoms. The van der Waals surface area contributed by atoms with Crippen LogP contribution in [-0.4, -0.2) is 27.9 Å². The van der Waals surface area contributed by atoms with Gasteiger partial charge in [0, 0.05) is 24.4 Å². The summed E-state index contributed by atoms with van der Waals surface area (Å²) >= 11 is 0.